The zero-order valence-electron chi connectivity index (χ0n) is 24.6. The Bertz CT molecular complexity index is 1050. The van der Waals surface area contributed by atoms with Gasteiger partial charge in [0.15, 0.2) is 6.29 Å². The number of aromatic hydroxyl groups is 1. The molecule has 2 N–H and O–H groups in total. The van der Waals surface area contributed by atoms with Crippen LogP contribution < -0.4 is 5.32 Å². The Balaban J connectivity index is 1.34. The second-order valence-corrected chi connectivity index (χ2v) is 11.4. The molecule has 40 heavy (non-hydrogen) atoms. The molecular weight excluding hydrogens is 504 g/mol. The van der Waals surface area contributed by atoms with Gasteiger partial charge in [0.1, 0.15) is 5.75 Å². The van der Waals surface area contributed by atoms with Gasteiger partial charge in [-0.1, -0.05) is 55.3 Å². The van der Waals surface area contributed by atoms with Gasteiger partial charge in [0, 0.05) is 31.2 Å². The number of hydrogen-bond donors (Lipinski definition) is 2. The topological polar surface area (TPSA) is 80.3 Å². The second kappa shape index (κ2) is 15.0. The van der Waals surface area contributed by atoms with Crippen molar-refractivity contribution in [1.29, 1.82) is 0 Å². The van der Waals surface area contributed by atoms with Gasteiger partial charge in [0.25, 0.3) is 0 Å². The minimum atomic E-state index is -0.434. The molecule has 2 aromatic rings. The van der Waals surface area contributed by atoms with Gasteiger partial charge >= 0.3 is 0 Å². The zero-order valence-corrected chi connectivity index (χ0v) is 24.6. The molecule has 0 spiro atoms. The fourth-order valence-electron chi connectivity index (χ4n) is 6.64. The lowest BCUT2D eigenvalue weighted by Gasteiger charge is -2.39. The van der Waals surface area contributed by atoms with Crippen LogP contribution in [0.3, 0.4) is 0 Å². The van der Waals surface area contributed by atoms with Crippen molar-refractivity contribution in [2.75, 3.05) is 47.1 Å². The Morgan fingerprint density at radius 3 is 2.42 bits per heavy atom. The molecule has 7 heteroatoms. The highest BCUT2D eigenvalue weighted by atomic mass is 16.7. The molecule has 7 nitrogen and oxygen atoms in total. The lowest BCUT2D eigenvalue weighted by molar-refractivity contribution is -0.151. The normalized spacial score (nSPS) is 18.2. The van der Waals surface area contributed by atoms with Crippen LogP contribution in [0.25, 0.3) is 0 Å². The Kier molecular flexibility index (Phi) is 11.4. The number of piperidine rings is 1. The van der Waals surface area contributed by atoms with E-state index in [4.69, 9.17) is 14.2 Å². The zero-order chi connectivity index (χ0) is 28.4. The lowest BCUT2D eigenvalue weighted by Crippen LogP contribution is -2.47. The summed E-state index contributed by atoms with van der Waals surface area (Å²) in [4.78, 5) is 15.2. The van der Waals surface area contributed by atoms with Gasteiger partial charge in [-0.3, -0.25) is 4.79 Å². The Hall–Kier alpha value is -2.45. The molecule has 1 atom stereocenters. The maximum absolute atomic E-state index is 13.3. The van der Waals surface area contributed by atoms with Crippen molar-refractivity contribution >= 4 is 5.91 Å². The maximum atomic E-state index is 13.3. The van der Waals surface area contributed by atoms with Gasteiger partial charge in [-0.25, -0.2) is 0 Å². The Labute approximate surface area is 240 Å². The number of phenols is 1. The largest absolute Gasteiger partial charge is 0.508 e. The third-order valence-corrected chi connectivity index (χ3v) is 9.12. The van der Waals surface area contributed by atoms with Crippen LogP contribution in [-0.4, -0.2) is 75.3 Å². The Morgan fingerprint density at radius 2 is 1.75 bits per heavy atom. The number of carbonyl (C=O) groups excluding carboxylic acids is 1. The molecule has 1 aliphatic heterocycles. The van der Waals surface area contributed by atoms with Gasteiger partial charge in [-0.05, 0) is 75.2 Å². The molecule has 1 amide bonds. The summed E-state index contributed by atoms with van der Waals surface area (Å²) >= 11 is 0. The van der Waals surface area contributed by atoms with Crippen molar-refractivity contribution < 1.29 is 24.1 Å². The van der Waals surface area contributed by atoms with E-state index in [0.717, 1.165) is 43.5 Å². The number of nitrogens with zero attached hydrogens (tertiary/aromatic N) is 1. The molecule has 0 radical (unpaired) electrons. The predicted molar refractivity (Wildman–Crippen MR) is 158 cm³/mol. The number of benzene rings is 2. The van der Waals surface area contributed by atoms with Crippen molar-refractivity contribution in [2.45, 2.75) is 76.0 Å². The summed E-state index contributed by atoms with van der Waals surface area (Å²) in [5.74, 6) is 0.964. The first kappa shape index (κ1) is 30.5. The van der Waals surface area contributed by atoms with E-state index in [2.05, 4.69) is 42.6 Å². The molecule has 0 unspecified atom stereocenters. The summed E-state index contributed by atoms with van der Waals surface area (Å²) in [7, 11) is 3.23. The van der Waals surface area contributed by atoms with Crippen LogP contribution in [0.4, 0.5) is 0 Å². The quantitative estimate of drug-likeness (QED) is 0.253. The molecule has 1 aliphatic carbocycles. The molecule has 0 bridgehead atoms. The summed E-state index contributed by atoms with van der Waals surface area (Å²) in [5.41, 5.74) is 3.17. The molecule has 2 aromatic carbocycles. The van der Waals surface area contributed by atoms with Gasteiger partial charge in [-0.2, -0.15) is 0 Å². The second-order valence-electron chi connectivity index (χ2n) is 11.4. The van der Waals surface area contributed by atoms with Crippen LogP contribution in [0, 0.1) is 5.92 Å². The molecule has 2 fully saturated rings. The molecule has 2 aliphatic rings. The molecule has 1 saturated carbocycles. The van der Waals surface area contributed by atoms with Crippen LogP contribution >= 0.6 is 0 Å². The van der Waals surface area contributed by atoms with E-state index >= 15 is 0 Å². The summed E-state index contributed by atoms with van der Waals surface area (Å²) < 4.78 is 16.8. The van der Waals surface area contributed by atoms with Crippen LogP contribution in [0.1, 0.15) is 68.6 Å². The number of ether oxygens (including phenoxy) is 3. The van der Waals surface area contributed by atoms with Gasteiger partial charge in [0.05, 0.1) is 26.2 Å². The number of nitrogens with one attached hydrogen (secondary N) is 1. The van der Waals surface area contributed by atoms with Crippen LogP contribution in [-0.2, 0) is 30.8 Å². The summed E-state index contributed by atoms with van der Waals surface area (Å²) in [6.45, 7) is 5.32. The monoisotopic (exact) mass is 552 g/mol. The maximum Gasteiger partial charge on any atom is 0.225 e. The van der Waals surface area contributed by atoms with Crippen molar-refractivity contribution in [2.24, 2.45) is 5.92 Å². The van der Waals surface area contributed by atoms with Crippen molar-refractivity contribution in [1.82, 2.24) is 10.2 Å². The minimum Gasteiger partial charge on any atom is -0.508 e. The van der Waals surface area contributed by atoms with E-state index in [1.165, 1.54) is 31.2 Å². The van der Waals surface area contributed by atoms with E-state index in [-0.39, 0.29) is 17.4 Å². The third-order valence-electron chi connectivity index (χ3n) is 9.12. The highest BCUT2D eigenvalue weighted by Crippen LogP contribution is 2.44. The van der Waals surface area contributed by atoms with Crippen LogP contribution in [0.15, 0.2) is 48.5 Å². The SMILES string of the molecule is COC(CN(C(=O)CCOCCc1ccc(O)c(C2(c3ccccc3)CCNCC2)c1)[C@H](C)C1CCCC1)OC. The van der Waals surface area contributed by atoms with Crippen molar-refractivity contribution in [3.05, 3.63) is 65.2 Å². The molecule has 4 rings (SSSR count). The fraction of sp³-hybridized carbons (Fsp3) is 0.606. The predicted octanol–water partition coefficient (Wildman–Crippen LogP) is 5.04. The summed E-state index contributed by atoms with van der Waals surface area (Å²) in [6.07, 6.45) is 7.32. The molecular formula is C33H48N2O5. The first-order valence-corrected chi connectivity index (χ1v) is 15.0. The van der Waals surface area contributed by atoms with E-state index in [0.29, 0.717) is 37.8 Å². The van der Waals surface area contributed by atoms with E-state index in [1.54, 1.807) is 14.2 Å². The third kappa shape index (κ3) is 7.43. The smallest absolute Gasteiger partial charge is 0.225 e. The molecule has 0 aromatic heterocycles. The Morgan fingerprint density at radius 1 is 1.05 bits per heavy atom. The number of phenolic OH excluding ortho intramolecular Hbond substituents is 1. The van der Waals surface area contributed by atoms with Crippen LogP contribution in [0.2, 0.25) is 0 Å². The summed E-state index contributed by atoms with van der Waals surface area (Å²) in [5, 5.41) is 14.4. The first-order chi connectivity index (χ1) is 19.5. The minimum absolute atomic E-state index is 0.0844. The van der Waals surface area contributed by atoms with E-state index in [9.17, 15) is 9.90 Å². The summed E-state index contributed by atoms with van der Waals surface area (Å²) in [6, 6.07) is 16.7. The van der Waals surface area contributed by atoms with Gasteiger partial charge in [-0.15, -0.1) is 0 Å². The molecule has 220 valence electrons. The standard InChI is InChI=1S/C33H48N2O5/c1-25(27-9-7-8-10-27)35(24-32(38-2)39-3)31(37)16-22-40-21-15-26-13-14-30(36)29(23-26)33(17-19-34-20-18-33)28-11-5-4-6-12-28/h4-6,11-14,23,25,27,32,34,36H,7-10,15-22,24H2,1-3H3/t25-/m1/s1. The lowest BCUT2D eigenvalue weighted by atomic mass is 9.67. The van der Waals surface area contributed by atoms with Crippen LogP contribution in [0.5, 0.6) is 5.75 Å². The number of carbonyl (C=O) groups is 1. The number of rotatable bonds is 14. The van der Waals surface area contributed by atoms with Crippen molar-refractivity contribution in [3.63, 3.8) is 0 Å². The first-order valence-electron chi connectivity index (χ1n) is 15.0. The average molecular weight is 553 g/mol. The fourth-order valence-corrected chi connectivity index (χ4v) is 6.64. The number of methoxy groups -OCH3 is 2. The molecule has 1 saturated heterocycles. The van der Waals surface area contributed by atoms with Gasteiger partial charge in [0.2, 0.25) is 5.91 Å². The molecule has 1 heterocycles. The van der Waals surface area contributed by atoms with E-state index < -0.39 is 6.29 Å². The van der Waals surface area contributed by atoms with E-state index in [1.807, 2.05) is 23.1 Å². The average Bonchev–Trinajstić information content (AvgIpc) is 3.54. The number of hydrogen-bond acceptors (Lipinski definition) is 6. The number of amides is 1. The van der Waals surface area contributed by atoms with Gasteiger partial charge < -0.3 is 29.5 Å². The highest BCUT2D eigenvalue weighted by Gasteiger charge is 2.37. The highest BCUT2D eigenvalue weighted by molar-refractivity contribution is 5.76. The van der Waals surface area contributed by atoms with Crippen molar-refractivity contribution in [3.8, 4) is 5.75 Å².